The minimum Gasteiger partial charge on any atom is -0.336 e. The van der Waals surface area contributed by atoms with Crippen LogP contribution in [0.4, 0.5) is 0 Å². The Hall–Kier alpha value is -0.580. The molecule has 0 aromatic rings. The number of carbonyl (C=O) groups is 1. The van der Waals surface area contributed by atoms with Crippen molar-refractivity contribution in [2.24, 2.45) is 5.92 Å². The summed E-state index contributed by atoms with van der Waals surface area (Å²) in [6, 6.07) is 0.139. The Morgan fingerprint density at radius 2 is 1.88 bits per heavy atom. The number of hydrogen-bond donors (Lipinski definition) is 0. The molecule has 16 heavy (non-hydrogen) atoms. The van der Waals surface area contributed by atoms with E-state index in [1.807, 2.05) is 11.8 Å². The fraction of sp³-hybridized carbons (Fsp3) is 0.909. The summed E-state index contributed by atoms with van der Waals surface area (Å²) in [6.07, 6.45) is 5.26. The van der Waals surface area contributed by atoms with Gasteiger partial charge in [0, 0.05) is 24.3 Å². The van der Waals surface area contributed by atoms with Crippen LogP contribution in [0.15, 0.2) is 0 Å². The average molecular weight is 245 g/mol. The summed E-state index contributed by atoms with van der Waals surface area (Å²) in [5.74, 6) is 0.448. The normalized spacial score (nSPS) is 22.9. The van der Waals surface area contributed by atoms with E-state index in [4.69, 9.17) is 0 Å². The zero-order chi connectivity index (χ0) is 11.9. The molecule has 4 nitrogen and oxygen atoms in total. The Bertz CT molecular complexity index is 382. The van der Waals surface area contributed by atoms with Gasteiger partial charge in [-0.25, -0.2) is 8.42 Å². The van der Waals surface area contributed by atoms with Crippen molar-refractivity contribution in [3.05, 3.63) is 0 Å². The number of nitrogens with zero attached hydrogens (tertiary/aromatic N) is 1. The van der Waals surface area contributed by atoms with Gasteiger partial charge in [0.05, 0.1) is 5.75 Å². The Kier molecular flexibility index (Phi) is 2.99. The van der Waals surface area contributed by atoms with E-state index in [1.54, 1.807) is 0 Å². The van der Waals surface area contributed by atoms with Crippen LogP contribution in [0.25, 0.3) is 0 Å². The van der Waals surface area contributed by atoms with Gasteiger partial charge in [-0.2, -0.15) is 0 Å². The first-order valence-electron chi connectivity index (χ1n) is 5.88. The first-order chi connectivity index (χ1) is 7.38. The van der Waals surface area contributed by atoms with Crippen molar-refractivity contribution in [1.29, 1.82) is 0 Å². The summed E-state index contributed by atoms with van der Waals surface area (Å²) < 4.78 is 22.5. The van der Waals surface area contributed by atoms with Crippen molar-refractivity contribution >= 4 is 15.7 Å². The second kappa shape index (κ2) is 4.02. The maximum Gasteiger partial charge on any atom is 0.226 e. The monoisotopic (exact) mass is 245 g/mol. The molecule has 2 aliphatic carbocycles. The molecular weight excluding hydrogens is 226 g/mol. The summed E-state index contributed by atoms with van der Waals surface area (Å²) in [6.45, 7) is 1.85. The van der Waals surface area contributed by atoms with Crippen LogP contribution in [-0.4, -0.2) is 43.3 Å². The van der Waals surface area contributed by atoms with E-state index in [1.165, 1.54) is 6.26 Å². The molecule has 0 aromatic carbocycles. The van der Waals surface area contributed by atoms with Crippen LogP contribution in [0, 0.1) is 5.92 Å². The fourth-order valence-corrected chi connectivity index (χ4v) is 3.21. The Balaban J connectivity index is 2.03. The SMILES string of the molecule is CC(CS(C)(=O)=O)N(C(=O)C1CC1)C1CC1. The lowest BCUT2D eigenvalue weighted by molar-refractivity contribution is -0.134. The van der Waals surface area contributed by atoms with Gasteiger partial charge >= 0.3 is 0 Å². The van der Waals surface area contributed by atoms with Gasteiger partial charge < -0.3 is 4.90 Å². The van der Waals surface area contributed by atoms with Crippen molar-refractivity contribution in [1.82, 2.24) is 4.90 Å². The molecule has 0 N–H and O–H groups in total. The molecule has 0 aromatic heterocycles. The quantitative estimate of drug-likeness (QED) is 0.720. The van der Waals surface area contributed by atoms with E-state index in [9.17, 15) is 13.2 Å². The maximum absolute atomic E-state index is 12.0. The highest BCUT2D eigenvalue weighted by atomic mass is 32.2. The van der Waals surface area contributed by atoms with Gasteiger partial charge in [-0.05, 0) is 32.6 Å². The van der Waals surface area contributed by atoms with Crippen LogP contribution in [-0.2, 0) is 14.6 Å². The fourth-order valence-electron chi connectivity index (χ4n) is 2.17. The lowest BCUT2D eigenvalue weighted by Gasteiger charge is -2.29. The predicted molar refractivity (Wildman–Crippen MR) is 61.8 cm³/mol. The van der Waals surface area contributed by atoms with Gasteiger partial charge in [-0.1, -0.05) is 0 Å². The molecule has 2 aliphatic rings. The summed E-state index contributed by atoms with van der Waals surface area (Å²) in [7, 11) is -3.01. The number of carbonyl (C=O) groups excluding carboxylic acids is 1. The van der Waals surface area contributed by atoms with Crippen LogP contribution in [0.2, 0.25) is 0 Å². The molecule has 2 saturated carbocycles. The molecule has 1 amide bonds. The van der Waals surface area contributed by atoms with E-state index >= 15 is 0 Å². The minimum atomic E-state index is -3.01. The highest BCUT2D eigenvalue weighted by molar-refractivity contribution is 7.90. The van der Waals surface area contributed by atoms with Gasteiger partial charge in [0.1, 0.15) is 9.84 Å². The summed E-state index contributed by atoms with van der Waals surface area (Å²) in [4.78, 5) is 13.9. The molecule has 0 heterocycles. The molecule has 0 bridgehead atoms. The highest BCUT2D eigenvalue weighted by Gasteiger charge is 2.42. The topological polar surface area (TPSA) is 54.5 Å². The number of sulfone groups is 1. The highest BCUT2D eigenvalue weighted by Crippen LogP contribution is 2.37. The second-order valence-electron chi connectivity index (χ2n) is 5.19. The third-order valence-electron chi connectivity index (χ3n) is 3.14. The number of rotatable bonds is 5. The Labute approximate surface area is 96.9 Å². The van der Waals surface area contributed by atoms with Gasteiger partial charge in [0.2, 0.25) is 5.91 Å². The third kappa shape index (κ3) is 2.97. The number of amides is 1. The van der Waals surface area contributed by atoms with Gasteiger partial charge in [-0.15, -0.1) is 0 Å². The van der Waals surface area contributed by atoms with Crippen LogP contribution in [0.3, 0.4) is 0 Å². The standard InChI is InChI=1S/C11H19NO3S/c1-8(7-16(2,14)15)12(10-5-6-10)11(13)9-3-4-9/h8-10H,3-7H2,1-2H3. The molecule has 0 saturated heterocycles. The summed E-state index contributed by atoms with van der Waals surface area (Å²) >= 11 is 0. The van der Waals surface area contributed by atoms with E-state index < -0.39 is 9.84 Å². The summed E-state index contributed by atoms with van der Waals surface area (Å²) in [5, 5.41) is 0. The average Bonchev–Trinajstić information content (AvgIpc) is 2.97. The molecule has 0 spiro atoms. The van der Waals surface area contributed by atoms with Crippen molar-refractivity contribution < 1.29 is 13.2 Å². The van der Waals surface area contributed by atoms with Gasteiger partial charge in [-0.3, -0.25) is 4.79 Å². The molecule has 2 fully saturated rings. The van der Waals surface area contributed by atoms with E-state index in [0.29, 0.717) is 6.04 Å². The molecule has 0 radical (unpaired) electrons. The van der Waals surface area contributed by atoms with Crippen molar-refractivity contribution in [3.8, 4) is 0 Å². The van der Waals surface area contributed by atoms with E-state index in [0.717, 1.165) is 25.7 Å². The van der Waals surface area contributed by atoms with Crippen LogP contribution in [0.1, 0.15) is 32.6 Å². The first kappa shape index (κ1) is 11.9. The van der Waals surface area contributed by atoms with Crippen molar-refractivity contribution in [2.75, 3.05) is 12.0 Å². The van der Waals surface area contributed by atoms with Crippen LogP contribution < -0.4 is 0 Å². The molecule has 0 aliphatic heterocycles. The smallest absolute Gasteiger partial charge is 0.226 e. The Morgan fingerprint density at radius 3 is 2.25 bits per heavy atom. The summed E-state index contributed by atoms with van der Waals surface area (Å²) in [5.41, 5.74) is 0. The van der Waals surface area contributed by atoms with E-state index in [2.05, 4.69) is 0 Å². The molecule has 1 unspecified atom stereocenters. The third-order valence-corrected chi connectivity index (χ3v) is 4.23. The zero-order valence-corrected chi connectivity index (χ0v) is 10.7. The van der Waals surface area contributed by atoms with Crippen molar-refractivity contribution in [2.45, 2.75) is 44.7 Å². The molecule has 92 valence electrons. The molecule has 5 heteroatoms. The van der Waals surface area contributed by atoms with E-state index in [-0.39, 0.29) is 23.6 Å². The molecule has 2 rings (SSSR count). The molecular formula is C11H19NO3S. The Morgan fingerprint density at radius 1 is 1.31 bits per heavy atom. The predicted octanol–water partition coefficient (Wildman–Crippen LogP) is 0.820. The van der Waals surface area contributed by atoms with Gasteiger partial charge in [0.15, 0.2) is 0 Å². The van der Waals surface area contributed by atoms with Gasteiger partial charge in [0.25, 0.3) is 0 Å². The van der Waals surface area contributed by atoms with Crippen molar-refractivity contribution in [3.63, 3.8) is 0 Å². The number of hydrogen-bond acceptors (Lipinski definition) is 3. The lowest BCUT2D eigenvalue weighted by Crippen LogP contribution is -2.44. The van der Waals surface area contributed by atoms with Crippen LogP contribution in [0.5, 0.6) is 0 Å². The largest absolute Gasteiger partial charge is 0.336 e. The lowest BCUT2D eigenvalue weighted by atomic mass is 10.2. The minimum absolute atomic E-state index is 0.0853. The van der Waals surface area contributed by atoms with Crippen LogP contribution >= 0.6 is 0 Å². The zero-order valence-electron chi connectivity index (χ0n) is 9.85. The molecule has 1 atom stereocenters. The first-order valence-corrected chi connectivity index (χ1v) is 7.94. The maximum atomic E-state index is 12.0. The second-order valence-corrected chi connectivity index (χ2v) is 7.38.